The van der Waals surface area contributed by atoms with E-state index in [4.69, 9.17) is 18.0 Å². The van der Waals surface area contributed by atoms with Crippen molar-refractivity contribution in [3.63, 3.8) is 0 Å². The summed E-state index contributed by atoms with van der Waals surface area (Å²) in [7, 11) is 0. The Morgan fingerprint density at radius 2 is 2.11 bits per heavy atom. The van der Waals surface area contributed by atoms with E-state index < -0.39 is 23.7 Å². The van der Waals surface area contributed by atoms with Gasteiger partial charge in [-0.15, -0.1) is 0 Å². The van der Waals surface area contributed by atoms with Crippen LogP contribution in [-0.4, -0.2) is 17.1 Å². The summed E-state index contributed by atoms with van der Waals surface area (Å²) < 4.78 is 26.1. The van der Waals surface area contributed by atoms with Gasteiger partial charge in [0.15, 0.2) is 0 Å². The van der Waals surface area contributed by atoms with Gasteiger partial charge in [-0.25, -0.2) is 13.6 Å². The molecule has 7 heteroatoms. The van der Waals surface area contributed by atoms with E-state index in [-0.39, 0.29) is 16.6 Å². The normalized spacial score (nSPS) is 15.7. The van der Waals surface area contributed by atoms with E-state index in [1.807, 2.05) is 0 Å². The molecule has 0 saturated heterocycles. The van der Waals surface area contributed by atoms with Crippen LogP contribution in [0.3, 0.4) is 0 Å². The summed E-state index contributed by atoms with van der Waals surface area (Å²) >= 11 is 4.87. The highest BCUT2D eigenvalue weighted by atomic mass is 32.1. The minimum absolute atomic E-state index is 0.101. The summed E-state index contributed by atoms with van der Waals surface area (Å²) in [5.74, 6) is -1.29. The molecule has 0 heterocycles. The fourth-order valence-electron chi connectivity index (χ4n) is 1.74. The molecule has 19 heavy (non-hydrogen) atoms. The van der Waals surface area contributed by atoms with Crippen LogP contribution in [0.5, 0.6) is 0 Å². The SMILES string of the molecule is NC(=S)C(NC(=O)Nc1ccc(F)cc1F)C1CC1. The number of benzene rings is 1. The maximum Gasteiger partial charge on any atom is 0.319 e. The Balaban J connectivity index is 1.98. The molecular weight excluding hydrogens is 272 g/mol. The minimum atomic E-state index is -0.839. The molecule has 4 N–H and O–H groups in total. The molecule has 1 aromatic carbocycles. The van der Waals surface area contributed by atoms with Gasteiger partial charge in [0.1, 0.15) is 11.6 Å². The molecule has 0 aliphatic heterocycles. The van der Waals surface area contributed by atoms with Crippen molar-refractivity contribution < 1.29 is 13.6 Å². The van der Waals surface area contributed by atoms with Crippen LogP contribution in [0.1, 0.15) is 12.8 Å². The number of halogens is 2. The number of amides is 2. The number of carbonyl (C=O) groups excluding carboxylic acids is 1. The maximum atomic E-state index is 13.3. The fraction of sp³-hybridized carbons (Fsp3) is 0.333. The van der Waals surface area contributed by atoms with E-state index in [0.717, 1.165) is 25.0 Å². The lowest BCUT2D eigenvalue weighted by molar-refractivity contribution is 0.250. The Morgan fingerprint density at radius 1 is 1.42 bits per heavy atom. The van der Waals surface area contributed by atoms with Gasteiger partial charge in [-0.2, -0.15) is 0 Å². The van der Waals surface area contributed by atoms with Gasteiger partial charge in [0, 0.05) is 6.07 Å². The second kappa shape index (κ2) is 5.48. The van der Waals surface area contributed by atoms with Crippen molar-refractivity contribution in [1.29, 1.82) is 0 Å². The van der Waals surface area contributed by atoms with Crippen molar-refractivity contribution in [2.75, 3.05) is 5.32 Å². The van der Waals surface area contributed by atoms with Crippen LogP contribution in [0.4, 0.5) is 19.3 Å². The predicted octanol–water partition coefficient (Wildman–Crippen LogP) is 2.15. The zero-order valence-corrected chi connectivity index (χ0v) is 10.8. The number of carbonyl (C=O) groups is 1. The van der Waals surface area contributed by atoms with Crippen LogP contribution in [-0.2, 0) is 0 Å². The summed E-state index contributed by atoms with van der Waals surface area (Å²) in [5.41, 5.74) is 5.43. The number of urea groups is 1. The minimum Gasteiger partial charge on any atom is -0.392 e. The molecule has 1 aromatic rings. The number of hydrogen-bond acceptors (Lipinski definition) is 2. The molecule has 4 nitrogen and oxygen atoms in total. The number of hydrogen-bond donors (Lipinski definition) is 3. The smallest absolute Gasteiger partial charge is 0.319 e. The van der Waals surface area contributed by atoms with Gasteiger partial charge in [-0.1, -0.05) is 12.2 Å². The van der Waals surface area contributed by atoms with E-state index in [9.17, 15) is 13.6 Å². The van der Waals surface area contributed by atoms with Crippen LogP contribution >= 0.6 is 12.2 Å². The molecule has 0 radical (unpaired) electrons. The average molecular weight is 285 g/mol. The van der Waals surface area contributed by atoms with Gasteiger partial charge in [0.25, 0.3) is 0 Å². The summed E-state index contributed by atoms with van der Waals surface area (Å²) in [5, 5.41) is 4.89. The topological polar surface area (TPSA) is 67.1 Å². The second-order valence-corrected chi connectivity index (χ2v) is 4.91. The highest BCUT2D eigenvalue weighted by Crippen LogP contribution is 2.32. The summed E-state index contributed by atoms with van der Waals surface area (Å²) in [6.07, 6.45) is 1.90. The van der Waals surface area contributed by atoms with Crippen LogP contribution < -0.4 is 16.4 Å². The first-order valence-electron chi connectivity index (χ1n) is 5.79. The Kier molecular flexibility index (Phi) is 3.94. The lowest BCUT2D eigenvalue weighted by Crippen LogP contribution is -2.46. The van der Waals surface area contributed by atoms with E-state index >= 15 is 0 Å². The number of anilines is 1. The lowest BCUT2D eigenvalue weighted by Gasteiger charge is -2.17. The van der Waals surface area contributed by atoms with Crippen LogP contribution in [0, 0.1) is 17.6 Å². The van der Waals surface area contributed by atoms with Crippen molar-refractivity contribution >= 4 is 28.9 Å². The summed E-state index contributed by atoms with van der Waals surface area (Å²) in [6, 6.07) is 1.90. The second-order valence-electron chi connectivity index (χ2n) is 4.44. The molecule has 0 aromatic heterocycles. The monoisotopic (exact) mass is 285 g/mol. The van der Waals surface area contributed by atoms with Gasteiger partial charge < -0.3 is 16.4 Å². The fourth-order valence-corrected chi connectivity index (χ4v) is 1.99. The largest absolute Gasteiger partial charge is 0.392 e. The summed E-state index contributed by atoms with van der Waals surface area (Å²) in [4.78, 5) is 11.9. The molecule has 2 amide bonds. The molecule has 0 bridgehead atoms. The van der Waals surface area contributed by atoms with Gasteiger partial charge >= 0.3 is 6.03 Å². The van der Waals surface area contributed by atoms with Crippen LogP contribution in [0.15, 0.2) is 18.2 Å². The highest BCUT2D eigenvalue weighted by Gasteiger charge is 2.34. The number of nitrogens with two attached hydrogens (primary N) is 1. The molecule has 1 unspecified atom stereocenters. The third-order valence-electron chi connectivity index (χ3n) is 2.87. The first kappa shape index (κ1) is 13.7. The highest BCUT2D eigenvalue weighted by molar-refractivity contribution is 7.80. The Labute approximate surface area is 114 Å². The first-order chi connectivity index (χ1) is 8.97. The zero-order valence-electron chi connectivity index (χ0n) is 9.95. The Hall–Kier alpha value is -1.76. The lowest BCUT2D eigenvalue weighted by atomic mass is 10.2. The third-order valence-corrected chi connectivity index (χ3v) is 3.12. The molecule has 102 valence electrons. The van der Waals surface area contributed by atoms with Crippen molar-refractivity contribution in [3.8, 4) is 0 Å². The van der Waals surface area contributed by atoms with Crippen molar-refractivity contribution in [3.05, 3.63) is 29.8 Å². The Bertz CT molecular complexity index is 520. The molecule has 1 fully saturated rings. The molecule has 1 saturated carbocycles. The van der Waals surface area contributed by atoms with E-state index in [1.54, 1.807) is 0 Å². The third kappa shape index (κ3) is 3.60. The number of thiocarbonyl (C=S) groups is 1. The van der Waals surface area contributed by atoms with Crippen LogP contribution in [0.25, 0.3) is 0 Å². The van der Waals surface area contributed by atoms with E-state index in [0.29, 0.717) is 6.07 Å². The number of rotatable bonds is 4. The number of nitrogens with one attached hydrogen (secondary N) is 2. The van der Waals surface area contributed by atoms with Crippen molar-refractivity contribution in [2.24, 2.45) is 11.7 Å². The van der Waals surface area contributed by atoms with Gasteiger partial charge in [-0.05, 0) is 30.9 Å². The first-order valence-corrected chi connectivity index (χ1v) is 6.20. The van der Waals surface area contributed by atoms with Crippen molar-refractivity contribution in [1.82, 2.24) is 5.32 Å². The van der Waals surface area contributed by atoms with E-state index in [2.05, 4.69) is 10.6 Å². The van der Waals surface area contributed by atoms with Gasteiger partial charge in [0.05, 0.1) is 16.7 Å². The maximum absolute atomic E-state index is 13.3. The Morgan fingerprint density at radius 3 is 2.63 bits per heavy atom. The van der Waals surface area contributed by atoms with E-state index in [1.165, 1.54) is 0 Å². The van der Waals surface area contributed by atoms with Gasteiger partial charge in [-0.3, -0.25) is 0 Å². The summed E-state index contributed by atoms with van der Waals surface area (Å²) in [6.45, 7) is 0. The zero-order chi connectivity index (χ0) is 14.0. The quantitative estimate of drug-likeness (QED) is 0.743. The molecule has 2 rings (SSSR count). The molecular formula is C12H13F2N3OS. The molecule has 1 aliphatic carbocycles. The van der Waals surface area contributed by atoms with Crippen LogP contribution in [0.2, 0.25) is 0 Å². The predicted molar refractivity (Wildman–Crippen MR) is 71.8 cm³/mol. The van der Waals surface area contributed by atoms with Gasteiger partial charge in [0.2, 0.25) is 0 Å². The average Bonchev–Trinajstić information content (AvgIpc) is 3.13. The standard InChI is InChI=1S/C12H13F2N3OS/c13-7-3-4-9(8(14)5-7)16-12(18)17-10(11(15)19)6-1-2-6/h3-6,10H,1-2H2,(H2,15,19)(H2,16,17,18). The molecule has 1 aliphatic rings. The van der Waals surface area contributed by atoms with Crippen molar-refractivity contribution in [2.45, 2.75) is 18.9 Å². The molecule has 1 atom stereocenters. The molecule has 0 spiro atoms.